The van der Waals surface area contributed by atoms with Crippen LogP contribution in [0.1, 0.15) is 33.6 Å². The fourth-order valence-electron chi connectivity index (χ4n) is 3.47. The third-order valence-corrected chi connectivity index (χ3v) is 6.91. The number of rotatable bonds is 7. The third kappa shape index (κ3) is 4.96. The number of anilines is 1. The van der Waals surface area contributed by atoms with Gasteiger partial charge in [-0.1, -0.05) is 20.8 Å². The smallest absolute Gasteiger partial charge is 0.279 e. The summed E-state index contributed by atoms with van der Waals surface area (Å²) in [6.45, 7) is 8.67. The predicted molar refractivity (Wildman–Crippen MR) is 101 cm³/mol. The Hall–Kier alpha value is -1.64. The zero-order valence-corrected chi connectivity index (χ0v) is 16.6. The van der Waals surface area contributed by atoms with Crippen LogP contribution in [0.4, 0.5) is 5.69 Å². The molecule has 0 aromatic heterocycles. The number of likely N-dealkylation sites (tertiary alicyclic amines) is 1. The number of carbonyl (C=O) groups excluding carboxylic acids is 1. The van der Waals surface area contributed by atoms with Crippen LogP contribution in [0.15, 0.2) is 23.1 Å². The van der Waals surface area contributed by atoms with Crippen molar-refractivity contribution in [2.24, 2.45) is 5.92 Å². The molecule has 26 heavy (non-hydrogen) atoms. The summed E-state index contributed by atoms with van der Waals surface area (Å²) in [7, 11) is -3.65. The summed E-state index contributed by atoms with van der Waals surface area (Å²) in [4.78, 5) is 13.6. The van der Waals surface area contributed by atoms with E-state index in [1.807, 2.05) is 0 Å². The summed E-state index contributed by atoms with van der Waals surface area (Å²) < 4.78 is 26.6. The lowest BCUT2D eigenvalue weighted by atomic mass is 10.0. The molecule has 1 heterocycles. The second kappa shape index (κ2) is 8.83. The Morgan fingerprint density at radius 1 is 1.35 bits per heavy atom. The van der Waals surface area contributed by atoms with Crippen molar-refractivity contribution >= 4 is 21.6 Å². The van der Waals surface area contributed by atoms with E-state index in [0.29, 0.717) is 25.6 Å². The van der Waals surface area contributed by atoms with Gasteiger partial charge in [-0.3, -0.25) is 4.79 Å². The van der Waals surface area contributed by atoms with Crippen molar-refractivity contribution in [3.63, 3.8) is 0 Å². The van der Waals surface area contributed by atoms with Gasteiger partial charge in [0.25, 0.3) is 5.91 Å². The van der Waals surface area contributed by atoms with Gasteiger partial charge in [0.05, 0.1) is 23.7 Å². The fraction of sp³-hybridized carbons (Fsp3) is 0.611. The van der Waals surface area contributed by atoms with Crippen LogP contribution in [0, 0.1) is 5.92 Å². The first-order valence-corrected chi connectivity index (χ1v) is 10.7. The monoisotopic (exact) mass is 384 g/mol. The summed E-state index contributed by atoms with van der Waals surface area (Å²) in [6.07, 6.45) is 2.30. The molecule has 7 nitrogen and oxygen atoms in total. The van der Waals surface area contributed by atoms with Gasteiger partial charge in [-0.25, -0.2) is 8.42 Å². The number of phenolic OH excluding ortho intramolecular Hbond substituents is 1. The Morgan fingerprint density at radius 3 is 2.65 bits per heavy atom. The van der Waals surface area contributed by atoms with Crippen LogP contribution in [-0.2, 0) is 14.8 Å². The summed E-state index contributed by atoms with van der Waals surface area (Å²) in [5.74, 6) is 0.239. The molecule has 1 aromatic rings. The summed E-state index contributed by atoms with van der Waals surface area (Å²) in [5, 5.41) is 12.7. The van der Waals surface area contributed by atoms with Gasteiger partial charge in [-0.05, 0) is 31.0 Å². The lowest BCUT2D eigenvalue weighted by molar-refractivity contribution is -0.900. The van der Waals surface area contributed by atoms with Crippen molar-refractivity contribution in [2.45, 2.75) is 38.5 Å². The molecule has 146 valence electrons. The number of hydrogen-bond acceptors (Lipinski definition) is 4. The highest BCUT2D eigenvalue weighted by Gasteiger charge is 2.25. The highest BCUT2D eigenvalue weighted by molar-refractivity contribution is 7.89. The number of aromatic hydroxyl groups is 1. The van der Waals surface area contributed by atoms with Crippen molar-refractivity contribution in [3.05, 3.63) is 18.2 Å². The number of hydrogen-bond donors (Lipinski definition) is 3. The van der Waals surface area contributed by atoms with Crippen molar-refractivity contribution in [2.75, 3.05) is 38.0 Å². The zero-order chi connectivity index (χ0) is 19.3. The second-order valence-corrected chi connectivity index (χ2v) is 8.88. The fourth-order valence-corrected chi connectivity index (χ4v) is 4.95. The molecule has 1 aliphatic heterocycles. The standard InChI is InChI=1S/C18H29N3O4S/c1-4-21(5-2)26(24,25)15-8-9-17(22)16(11-15)19-18(23)13-20-10-6-7-14(3)12-20/h8-9,11,14,22H,4-7,10,12-13H2,1-3H3,(H,19,23)/p+1/t14-/m0/s1. The molecule has 0 saturated carbocycles. The summed E-state index contributed by atoms with van der Waals surface area (Å²) in [5.41, 5.74) is 0.132. The molecule has 1 aliphatic rings. The van der Waals surface area contributed by atoms with Crippen LogP contribution in [0.25, 0.3) is 0 Å². The molecule has 8 heteroatoms. The minimum absolute atomic E-state index is 0.0632. The molecule has 1 aromatic carbocycles. The van der Waals surface area contributed by atoms with Crippen molar-refractivity contribution in [3.8, 4) is 5.75 Å². The molecular weight excluding hydrogens is 354 g/mol. The molecule has 1 unspecified atom stereocenters. The number of phenols is 1. The Kier molecular flexibility index (Phi) is 7.02. The molecule has 1 fully saturated rings. The Labute approximate surface area is 156 Å². The van der Waals surface area contributed by atoms with Crippen LogP contribution >= 0.6 is 0 Å². The van der Waals surface area contributed by atoms with Gasteiger partial charge >= 0.3 is 0 Å². The molecule has 0 radical (unpaired) electrons. The molecule has 0 spiro atoms. The van der Waals surface area contributed by atoms with Crippen LogP contribution in [0.5, 0.6) is 5.75 Å². The van der Waals surface area contributed by atoms with E-state index >= 15 is 0 Å². The molecular formula is C18H30N3O4S+. The third-order valence-electron chi connectivity index (χ3n) is 4.86. The maximum absolute atomic E-state index is 12.6. The van der Waals surface area contributed by atoms with Gasteiger partial charge in [0.1, 0.15) is 5.75 Å². The van der Waals surface area contributed by atoms with E-state index in [1.165, 1.54) is 33.8 Å². The van der Waals surface area contributed by atoms with Gasteiger partial charge in [0.15, 0.2) is 6.54 Å². The normalized spacial score (nSPS) is 20.9. The highest BCUT2D eigenvalue weighted by Crippen LogP contribution is 2.27. The number of nitrogens with one attached hydrogen (secondary N) is 2. The van der Waals surface area contributed by atoms with E-state index in [1.54, 1.807) is 13.8 Å². The van der Waals surface area contributed by atoms with Gasteiger partial charge in [-0.15, -0.1) is 0 Å². The largest absolute Gasteiger partial charge is 0.506 e. The quantitative estimate of drug-likeness (QED) is 0.603. The van der Waals surface area contributed by atoms with E-state index in [2.05, 4.69) is 12.2 Å². The van der Waals surface area contributed by atoms with Gasteiger partial charge in [0.2, 0.25) is 10.0 Å². The molecule has 2 atom stereocenters. The first kappa shape index (κ1) is 20.7. The number of piperidine rings is 1. The van der Waals surface area contributed by atoms with Gasteiger partial charge in [0, 0.05) is 19.0 Å². The number of amides is 1. The molecule has 1 amide bonds. The first-order chi connectivity index (χ1) is 12.3. The average Bonchev–Trinajstić information content (AvgIpc) is 2.57. The molecule has 0 aliphatic carbocycles. The second-order valence-electron chi connectivity index (χ2n) is 6.94. The topological polar surface area (TPSA) is 91.2 Å². The van der Waals surface area contributed by atoms with Crippen molar-refractivity contribution in [1.82, 2.24) is 4.31 Å². The van der Waals surface area contributed by atoms with Crippen LogP contribution in [0.3, 0.4) is 0 Å². The number of sulfonamides is 1. The van der Waals surface area contributed by atoms with Crippen LogP contribution < -0.4 is 10.2 Å². The van der Waals surface area contributed by atoms with Gasteiger partial charge < -0.3 is 15.3 Å². The van der Waals surface area contributed by atoms with Crippen LogP contribution in [0.2, 0.25) is 0 Å². The van der Waals surface area contributed by atoms with Crippen molar-refractivity contribution in [1.29, 1.82) is 0 Å². The first-order valence-electron chi connectivity index (χ1n) is 9.24. The molecule has 1 saturated heterocycles. The van der Waals surface area contributed by atoms with Gasteiger partial charge in [-0.2, -0.15) is 4.31 Å². The van der Waals surface area contributed by atoms with Crippen LogP contribution in [-0.4, -0.2) is 56.5 Å². The van der Waals surface area contributed by atoms with E-state index in [0.717, 1.165) is 19.5 Å². The Morgan fingerprint density at radius 2 is 2.04 bits per heavy atom. The SMILES string of the molecule is CCN(CC)S(=O)(=O)c1ccc(O)c(NC(=O)C[NH+]2CCC[C@H](C)C2)c1. The number of nitrogens with zero attached hydrogens (tertiary/aromatic N) is 1. The van der Waals surface area contributed by atoms with E-state index in [-0.39, 0.29) is 22.2 Å². The minimum Gasteiger partial charge on any atom is -0.506 e. The molecule has 0 bridgehead atoms. The predicted octanol–water partition coefficient (Wildman–Crippen LogP) is 0.676. The number of benzene rings is 1. The highest BCUT2D eigenvalue weighted by atomic mass is 32.2. The van der Waals surface area contributed by atoms with E-state index in [4.69, 9.17) is 0 Å². The van der Waals surface area contributed by atoms with E-state index in [9.17, 15) is 18.3 Å². The number of carbonyl (C=O) groups is 1. The Balaban J connectivity index is 2.13. The summed E-state index contributed by atoms with van der Waals surface area (Å²) >= 11 is 0. The lowest BCUT2D eigenvalue weighted by Gasteiger charge is -2.27. The molecule has 2 rings (SSSR count). The maximum atomic E-state index is 12.6. The number of quaternary nitrogens is 1. The maximum Gasteiger partial charge on any atom is 0.279 e. The molecule has 3 N–H and O–H groups in total. The van der Waals surface area contributed by atoms with E-state index < -0.39 is 10.0 Å². The minimum atomic E-state index is -3.65. The van der Waals surface area contributed by atoms with Crippen molar-refractivity contribution < 1.29 is 23.2 Å². The summed E-state index contributed by atoms with van der Waals surface area (Å²) in [6, 6.07) is 3.99. The lowest BCUT2D eigenvalue weighted by Crippen LogP contribution is -3.14. The Bertz CT molecular complexity index is 732. The zero-order valence-electron chi connectivity index (χ0n) is 15.8. The average molecular weight is 385 g/mol.